The van der Waals surface area contributed by atoms with Crippen LogP contribution in [0.25, 0.3) is 17.2 Å². The summed E-state index contributed by atoms with van der Waals surface area (Å²) in [5.74, 6) is 0.341. The zero-order chi connectivity index (χ0) is 31.1. The summed E-state index contributed by atoms with van der Waals surface area (Å²) in [6.07, 6.45) is 5.63. The van der Waals surface area contributed by atoms with Gasteiger partial charge in [0.2, 0.25) is 15.9 Å². The van der Waals surface area contributed by atoms with Gasteiger partial charge < -0.3 is 26.4 Å². The summed E-state index contributed by atoms with van der Waals surface area (Å²) in [6.45, 7) is 8.24. The molecule has 0 unspecified atom stereocenters. The van der Waals surface area contributed by atoms with Crippen LogP contribution in [-0.4, -0.2) is 85.8 Å². The Labute approximate surface area is 253 Å². The number of hydrogen-bond donors (Lipinski definition) is 3. The number of sulfonamides is 1. The summed E-state index contributed by atoms with van der Waals surface area (Å²) in [5, 5.41) is 2.71. The van der Waals surface area contributed by atoms with Gasteiger partial charge in [-0.05, 0) is 62.9 Å². The summed E-state index contributed by atoms with van der Waals surface area (Å²) in [4.78, 5) is 36.0. The van der Waals surface area contributed by atoms with Crippen LogP contribution in [0.3, 0.4) is 0 Å². The molecule has 0 radical (unpaired) electrons. The predicted octanol–water partition coefficient (Wildman–Crippen LogP) is 2.87. The van der Waals surface area contributed by atoms with Crippen LogP contribution in [0, 0.1) is 5.92 Å². The summed E-state index contributed by atoms with van der Waals surface area (Å²) >= 11 is 0. The number of carbonyl (C=O) groups is 2. The highest BCUT2D eigenvalue weighted by Crippen LogP contribution is 2.33. The lowest BCUT2D eigenvalue weighted by atomic mass is 10.0. The first-order valence-electron chi connectivity index (χ1n) is 14.6. The molecule has 1 aromatic heterocycles. The third-order valence-electron chi connectivity index (χ3n) is 7.21. The van der Waals surface area contributed by atoms with Gasteiger partial charge in [0.15, 0.2) is 0 Å². The minimum Gasteiger partial charge on any atom is -0.447 e. The third-order valence-corrected chi connectivity index (χ3v) is 9.01. The summed E-state index contributed by atoms with van der Waals surface area (Å²) in [7, 11) is -3.67. The van der Waals surface area contributed by atoms with Crippen LogP contribution >= 0.6 is 0 Å². The number of nitrogens with one attached hydrogen (secondary N) is 1. The average molecular weight is 612 g/mol. The molecule has 1 saturated heterocycles. The van der Waals surface area contributed by atoms with Gasteiger partial charge in [0.05, 0.1) is 11.8 Å². The Hall–Kier alpha value is -3.81. The second kappa shape index (κ2) is 14.1. The van der Waals surface area contributed by atoms with Gasteiger partial charge in [0.1, 0.15) is 10.7 Å². The van der Waals surface area contributed by atoms with Crippen LogP contribution in [0.15, 0.2) is 52.1 Å². The smallest absolute Gasteiger partial charge is 0.407 e. The van der Waals surface area contributed by atoms with Gasteiger partial charge >= 0.3 is 6.09 Å². The quantitative estimate of drug-likeness (QED) is 0.307. The SMILES string of the molecule is CCCN(CCCNC(=O)OC(C)C)C(=O)C1=Cc2ccc(-c3cncc(S(=O)(=O)N4CC(CN)C4)c3)cc2N=C(N)C1. The molecule has 5 N–H and O–H groups in total. The number of ether oxygens (including phenoxy) is 1. The maximum absolute atomic E-state index is 13.6. The highest BCUT2D eigenvalue weighted by atomic mass is 32.2. The first-order chi connectivity index (χ1) is 20.5. The lowest BCUT2D eigenvalue weighted by Crippen LogP contribution is -2.52. The molecule has 13 heteroatoms. The lowest BCUT2D eigenvalue weighted by molar-refractivity contribution is -0.127. The van der Waals surface area contributed by atoms with Gasteiger partial charge in [-0.25, -0.2) is 18.2 Å². The van der Waals surface area contributed by atoms with Crippen LogP contribution in [0.4, 0.5) is 10.5 Å². The Morgan fingerprint density at radius 3 is 2.63 bits per heavy atom. The van der Waals surface area contributed by atoms with Crippen molar-refractivity contribution >= 4 is 39.6 Å². The molecule has 2 amide bonds. The number of benzene rings is 1. The third kappa shape index (κ3) is 7.98. The molecule has 3 heterocycles. The fourth-order valence-electron chi connectivity index (χ4n) is 4.95. The van der Waals surface area contributed by atoms with E-state index < -0.39 is 16.1 Å². The molecule has 4 rings (SSSR count). The van der Waals surface area contributed by atoms with E-state index in [1.807, 2.05) is 31.2 Å². The molecule has 1 aromatic carbocycles. The molecule has 0 spiro atoms. The molecule has 0 aliphatic carbocycles. The molecule has 0 saturated carbocycles. The molecule has 43 heavy (non-hydrogen) atoms. The number of pyridine rings is 1. The fraction of sp³-hybridized carbons (Fsp3) is 0.467. The minimum absolute atomic E-state index is 0.120. The van der Waals surface area contributed by atoms with E-state index in [-0.39, 0.29) is 29.2 Å². The molecule has 2 aliphatic rings. The van der Waals surface area contributed by atoms with E-state index in [9.17, 15) is 18.0 Å². The van der Waals surface area contributed by atoms with E-state index in [1.54, 1.807) is 31.0 Å². The molecular weight excluding hydrogens is 570 g/mol. The van der Waals surface area contributed by atoms with Crippen LogP contribution in [0.1, 0.15) is 45.6 Å². The molecular formula is C30H41N7O5S. The zero-order valence-corrected chi connectivity index (χ0v) is 25.8. The first-order valence-corrected chi connectivity index (χ1v) is 16.0. The predicted molar refractivity (Wildman–Crippen MR) is 166 cm³/mol. The van der Waals surface area contributed by atoms with Crippen molar-refractivity contribution in [3.8, 4) is 11.1 Å². The number of hydrogen-bond acceptors (Lipinski definition) is 9. The second-order valence-corrected chi connectivity index (χ2v) is 13.0. The van der Waals surface area contributed by atoms with E-state index in [1.165, 1.54) is 10.5 Å². The largest absolute Gasteiger partial charge is 0.447 e. The molecule has 12 nitrogen and oxygen atoms in total. The van der Waals surface area contributed by atoms with Crippen LogP contribution in [-0.2, 0) is 19.6 Å². The first kappa shape index (κ1) is 32.1. The monoisotopic (exact) mass is 611 g/mol. The maximum Gasteiger partial charge on any atom is 0.407 e. The number of fused-ring (bicyclic) bond motifs is 1. The van der Waals surface area contributed by atoms with E-state index >= 15 is 0 Å². The van der Waals surface area contributed by atoms with E-state index in [2.05, 4.69) is 15.3 Å². The highest BCUT2D eigenvalue weighted by Gasteiger charge is 2.36. The van der Waals surface area contributed by atoms with Crippen molar-refractivity contribution in [3.63, 3.8) is 0 Å². The summed E-state index contributed by atoms with van der Waals surface area (Å²) in [5.41, 5.74) is 15.1. The fourth-order valence-corrected chi connectivity index (χ4v) is 6.53. The average Bonchev–Trinajstić information content (AvgIpc) is 3.10. The Morgan fingerprint density at radius 1 is 1.16 bits per heavy atom. The molecule has 232 valence electrons. The van der Waals surface area contributed by atoms with Crippen molar-refractivity contribution in [3.05, 3.63) is 47.8 Å². The summed E-state index contributed by atoms with van der Waals surface area (Å²) < 4.78 is 32.6. The van der Waals surface area contributed by atoms with Crippen LogP contribution in [0.2, 0.25) is 0 Å². The van der Waals surface area contributed by atoms with Gasteiger partial charge in [-0.2, -0.15) is 4.31 Å². The van der Waals surface area contributed by atoms with Gasteiger partial charge in [-0.3, -0.25) is 9.78 Å². The Morgan fingerprint density at radius 2 is 1.93 bits per heavy atom. The van der Waals surface area contributed by atoms with E-state index in [4.69, 9.17) is 16.2 Å². The molecule has 0 atom stereocenters. The number of carbonyl (C=O) groups excluding carboxylic acids is 2. The molecule has 0 bridgehead atoms. The zero-order valence-electron chi connectivity index (χ0n) is 25.0. The Kier molecular flexibility index (Phi) is 10.5. The van der Waals surface area contributed by atoms with Gasteiger partial charge in [0.25, 0.3) is 0 Å². The number of amides is 2. The molecule has 2 aromatic rings. The van der Waals surface area contributed by atoms with Crippen LogP contribution in [0.5, 0.6) is 0 Å². The molecule has 1 fully saturated rings. The van der Waals surface area contributed by atoms with Crippen molar-refractivity contribution in [2.75, 3.05) is 39.3 Å². The Balaban J connectivity index is 1.50. The Bertz CT molecular complexity index is 1500. The summed E-state index contributed by atoms with van der Waals surface area (Å²) in [6, 6.07) is 7.12. The second-order valence-electron chi connectivity index (χ2n) is 11.1. The van der Waals surface area contributed by atoms with Gasteiger partial charge in [-0.1, -0.05) is 19.1 Å². The number of rotatable bonds is 12. The minimum atomic E-state index is -3.67. The lowest BCUT2D eigenvalue weighted by Gasteiger charge is -2.37. The van der Waals surface area contributed by atoms with Crippen molar-refractivity contribution in [1.82, 2.24) is 19.5 Å². The van der Waals surface area contributed by atoms with Crippen molar-refractivity contribution in [2.45, 2.75) is 51.0 Å². The van der Waals surface area contributed by atoms with Gasteiger partial charge in [0, 0.05) is 68.2 Å². The number of amidine groups is 1. The number of nitrogens with two attached hydrogens (primary N) is 2. The van der Waals surface area contributed by atoms with Gasteiger partial charge in [-0.15, -0.1) is 0 Å². The number of alkyl carbamates (subject to hydrolysis) is 1. The molecule has 2 aliphatic heterocycles. The topological polar surface area (TPSA) is 173 Å². The van der Waals surface area contributed by atoms with Crippen molar-refractivity contribution in [2.24, 2.45) is 22.4 Å². The number of aromatic nitrogens is 1. The van der Waals surface area contributed by atoms with Crippen LogP contribution < -0.4 is 16.8 Å². The van der Waals surface area contributed by atoms with Crippen molar-refractivity contribution < 1.29 is 22.7 Å². The number of aliphatic imine (C=N–C) groups is 1. The van der Waals surface area contributed by atoms with E-state index in [0.717, 1.165) is 17.5 Å². The highest BCUT2D eigenvalue weighted by molar-refractivity contribution is 7.89. The standard InChI is InChI=1S/C30H41N7O5S/c1-4-9-36(10-5-8-34-30(39)42-20(2)3)29(38)24-11-23-7-6-22(13-27(23)35-28(32)14-24)25-12-26(17-33-16-25)43(40,41)37-18-21(15-31)19-37/h6-7,11-13,16-17,20-21H,4-5,8-10,14-15,18-19,31H2,1-3H3,(H2,32,35)(H,34,39). The number of nitrogens with zero attached hydrogens (tertiary/aromatic N) is 4. The maximum atomic E-state index is 13.6. The normalized spacial score (nSPS) is 15.6. The van der Waals surface area contributed by atoms with E-state index in [0.29, 0.717) is 68.3 Å². The van der Waals surface area contributed by atoms with Crippen molar-refractivity contribution in [1.29, 1.82) is 0 Å².